The van der Waals surface area contributed by atoms with Crippen molar-refractivity contribution in [2.45, 2.75) is 45.1 Å². The van der Waals surface area contributed by atoms with Crippen molar-refractivity contribution in [3.8, 4) is 0 Å². The Labute approximate surface area is 119 Å². The standard InChI is InChI=1S/C15H25NO2S/c1-14(2,3)12-5-4-11(19-12)13(17)15(10-16)6-8-18-9-7-15/h4-5,13,17H,6-10,16H2,1-3H3. The second-order valence-corrected chi connectivity index (χ2v) is 7.65. The quantitative estimate of drug-likeness (QED) is 0.897. The van der Waals surface area contributed by atoms with Crippen molar-refractivity contribution < 1.29 is 9.84 Å². The minimum absolute atomic E-state index is 0.133. The summed E-state index contributed by atoms with van der Waals surface area (Å²) in [5, 5.41) is 10.7. The third kappa shape index (κ3) is 3.02. The highest BCUT2D eigenvalue weighted by molar-refractivity contribution is 7.12. The Balaban J connectivity index is 2.22. The van der Waals surface area contributed by atoms with E-state index in [1.54, 1.807) is 11.3 Å². The molecule has 4 heteroatoms. The van der Waals surface area contributed by atoms with Crippen molar-refractivity contribution >= 4 is 11.3 Å². The average Bonchev–Trinajstić information content (AvgIpc) is 2.88. The summed E-state index contributed by atoms with van der Waals surface area (Å²) in [5.41, 5.74) is 5.88. The van der Waals surface area contributed by atoms with Gasteiger partial charge in [-0.1, -0.05) is 20.8 Å². The van der Waals surface area contributed by atoms with Gasteiger partial charge in [-0.25, -0.2) is 0 Å². The van der Waals surface area contributed by atoms with Crippen molar-refractivity contribution in [1.29, 1.82) is 0 Å². The molecule has 1 fully saturated rings. The molecule has 1 aromatic heterocycles. The minimum atomic E-state index is -0.470. The molecule has 2 rings (SSSR count). The molecule has 3 N–H and O–H groups in total. The van der Waals surface area contributed by atoms with Crippen LogP contribution in [0.15, 0.2) is 12.1 Å². The van der Waals surface area contributed by atoms with Crippen molar-refractivity contribution in [3.05, 3.63) is 21.9 Å². The molecule has 0 radical (unpaired) electrons. The van der Waals surface area contributed by atoms with E-state index in [1.807, 2.05) is 0 Å². The summed E-state index contributed by atoms with van der Waals surface area (Å²) in [6.07, 6.45) is 1.21. The number of hydrogen-bond acceptors (Lipinski definition) is 4. The Kier molecular flexibility index (Phi) is 4.35. The first-order valence-corrected chi connectivity index (χ1v) is 7.77. The summed E-state index contributed by atoms with van der Waals surface area (Å²) in [7, 11) is 0. The Bertz CT molecular complexity index is 416. The van der Waals surface area contributed by atoms with Crippen LogP contribution in [0.4, 0.5) is 0 Å². The van der Waals surface area contributed by atoms with Crippen LogP contribution in [0.5, 0.6) is 0 Å². The molecule has 1 aliphatic heterocycles. The van der Waals surface area contributed by atoms with E-state index in [-0.39, 0.29) is 10.8 Å². The molecule has 0 bridgehead atoms. The van der Waals surface area contributed by atoms with Crippen LogP contribution in [-0.2, 0) is 10.2 Å². The lowest BCUT2D eigenvalue weighted by Gasteiger charge is -2.39. The number of nitrogens with two attached hydrogens (primary N) is 1. The van der Waals surface area contributed by atoms with Gasteiger partial charge < -0.3 is 15.6 Å². The van der Waals surface area contributed by atoms with Crippen LogP contribution in [0.1, 0.15) is 49.5 Å². The predicted octanol–water partition coefficient (Wildman–Crippen LogP) is 2.83. The Hall–Kier alpha value is -0.420. The zero-order chi connectivity index (χ0) is 14.1. The fourth-order valence-electron chi connectivity index (χ4n) is 2.57. The lowest BCUT2D eigenvalue weighted by Crippen LogP contribution is -2.41. The number of aliphatic hydroxyl groups is 1. The summed E-state index contributed by atoms with van der Waals surface area (Å²) in [4.78, 5) is 2.35. The lowest BCUT2D eigenvalue weighted by molar-refractivity contribution is -0.0567. The minimum Gasteiger partial charge on any atom is -0.387 e. The van der Waals surface area contributed by atoms with E-state index in [4.69, 9.17) is 10.5 Å². The van der Waals surface area contributed by atoms with Gasteiger partial charge in [0.05, 0.1) is 6.10 Å². The van der Waals surface area contributed by atoms with E-state index in [0.29, 0.717) is 19.8 Å². The second kappa shape index (κ2) is 5.52. The Morgan fingerprint density at radius 1 is 1.37 bits per heavy atom. The molecule has 0 aliphatic carbocycles. The largest absolute Gasteiger partial charge is 0.387 e. The first-order chi connectivity index (χ1) is 8.89. The zero-order valence-electron chi connectivity index (χ0n) is 12.1. The van der Waals surface area contributed by atoms with Gasteiger partial charge >= 0.3 is 0 Å². The highest BCUT2D eigenvalue weighted by Crippen LogP contribution is 2.44. The lowest BCUT2D eigenvalue weighted by atomic mass is 9.75. The van der Waals surface area contributed by atoms with Gasteiger partial charge in [0.2, 0.25) is 0 Å². The molecule has 19 heavy (non-hydrogen) atoms. The predicted molar refractivity (Wildman–Crippen MR) is 79.5 cm³/mol. The molecular formula is C15H25NO2S. The van der Waals surface area contributed by atoms with Crippen LogP contribution in [0, 0.1) is 5.41 Å². The maximum absolute atomic E-state index is 10.7. The number of rotatable bonds is 3. The van der Waals surface area contributed by atoms with Gasteiger partial charge in [0.15, 0.2) is 0 Å². The summed E-state index contributed by atoms with van der Waals surface area (Å²) in [6.45, 7) is 8.50. The maximum atomic E-state index is 10.7. The summed E-state index contributed by atoms with van der Waals surface area (Å²) < 4.78 is 5.41. The van der Waals surface area contributed by atoms with Crippen LogP contribution in [-0.4, -0.2) is 24.9 Å². The summed E-state index contributed by atoms with van der Waals surface area (Å²) in [5.74, 6) is 0. The summed E-state index contributed by atoms with van der Waals surface area (Å²) in [6, 6.07) is 4.19. The van der Waals surface area contributed by atoms with Crippen LogP contribution in [0.3, 0.4) is 0 Å². The Morgan fingerprint density at radius 3 is 2.47 bits per heavy atom. The molecular weight excluding hydrogens is 258 g/mol. The van der Waals surface area contributed by atoms with E-state index in [9.17, 15) is 5.11 Å². The highest BCUT2D eigenvalue weighted by Gasteiger charge is 2.40. The van der Waals surface area contributed by atoms with Crippen LogP contribution < -0.4 is 5.73 Å². The van der Waals surface area contributed by atoms with E-state index in [2.05, 4.69) is 32.9 Å². The topological polar surface area (TPSA) is 55.5 Å². The second-order valence-electron chi connectivity index (χ2n) is 6.53. The molecule has 0 amide bonds. The van der Waals surface area contributed by atoms with E-state index in [0.717, 1.165) is 17.7 Å². The summed E-state index contributed by atoms with van der Waals surface area (Å²) >= 11 is 1.71. The van der Waals surface area contributed by atoms with Crippen LogP contribution in [0.25, 0.3) is 0 Å². The third-order valence-corrected chi connectivity index (χ3v) is 5.67. The molecule has 1 unspecified atom stereocenters. The molecule has 1 aliphatic rings. The molecule has 108 valence electrons. The zero-order valence-corrected chi connectivity index (χ0v) is 12.9. The SMILES string of the molecule is CC(C)(C)c1ccc(C(O)C2(CN)CCOCC2)s1. The van der Waals surface area contributed by atoms with E-state index >= 15 is 0 Å². The first kappa shape index (κ1) is 15.0. The smallest absolute Gasteiger partial charge is 0.0951 e. The molecule has 3 nitrogen and oxygen atoms in total. The van der Waals surface area contributed by atoms with Gasteiger partial charge in [-0.15, -0.1) is 11.3 Å². The van der Waals surface area contributed by atoms with Crippen molar-refractivity contribution in [2.75, 3.05) is 19.8 Å². The van der Waals surface area contributed by atoms with E-state index in [1.165, 1.54) is 4.88 Å². The van der Waals surface area contributed by atoms with Gasteiger partial charge in [-0.05, 0) is 30.4 Å². The molecule has 1 saturated heterocycles. The van der Waals surface area contributed by atoms with Crippen molar-refractivity contribution in [1.82, 2.24) is 0 Å². The van der Waals surface area contributed by atoms with Crippen LogP contribution >= 0.6 is 11.3 Å². The van der Waals surface area contributed by atoms with E-state index < -0.39 is 6.10 Å². The number of ether oxygens (including phenoxy) is 1. The van der Waals surface area contributed by atoms with Gasteiger partial charge in [-0.3, -0.25) is 0 Å². The number of hydrogen-bond donors (Lipinski definition) is 2. The fourth-order valence-corrected chi connectivity index (χ4v) is 3.77. The molecule has 2 heterocycles. The van der Waals surface area contributed by atoms with Crippen molar-refractivity contribution in [3.63, 3.8) is 0 Å². The number of aliphatic hydroxyl groups excluding tert-OH is 1. The first-order valence-electron chi connectivity index (χ1n) is 6.95. The van der Waals surface area contributed by atoms with Crippen LogP contribution in [0.2, 0.25) is 0 Å². The maximum Gasteiger partial charge on any atom is 0.0951 e. The van der Waals surface area contributed by atoms with Crippen molar-refractivity contribution in [2.24, 2.45) is 11.1 Å². The normalized spacial score (nSPS) is 21.3. The molecule has 1 atom stereocenters. The molecule has 0 saturated carbocycles. The average molecular weight is 283 g/mol. The number of thiophene rings is 1. The highest BCUT2D eigenvalue weighted by atomic mass is 32.1. The monoisotopic (exact) mass is 283 g/mol. The van der Waals surface area contributed by atoms with Gasteiger partial charge in [-0.2, -0.15) is 0 Å². The Morgan fingerprint density at radius 2 is 2.00 bits per heavy atom. The molecule has 0 spiro atoms. The van der Waals surface area contributed by atoms with Gasteiger partial charge in [0.1, 0.15) is 0 Å². The molecule has 1 aromatic rings. The third-order valence-electron chi connectivity index (χ3n) is 4.11. The molecule has 0 aromatic carbocycles. The van der Waals surface area contributed by atoms with Gasteiger partial charge in [0, 0.05) is 34.9 Å². The fraction of sp³-hybridized carbons (Fsp3) is 0.733. The van der Waals surface area contributed by atoms with Gasteiger partial charge in [0.25, 0.3) is 0 Å².